The average molecular weight is 201 g/mol. The van der Waals surface area contributed by atoms with Crippen molar-refractivity contribution in [1.29, 1.82) is 0 Å². The first-order valence-electron chi connectivity index (χ1n) is 4.26. The van der Waals surface area contributed by atoms with Crippen molar-refractivity contribution in [2.45, 2.75) is 33.2 Å². The van der Waals surface area contributed by atoms with Gasteiger partial charge in [0.15, 0.2) is 6.61 Å². The zero-order valence-electron chi connectivity index (χ0n) is 8.86. The van der Waals surface area contributed by atoms with Crippen LogP contribution in [0.3, 0.4) is 0 Å². The molecule has 0 saturated carbocycles. The van der Waals surface area contributed by atoms with Crippen LogP contribution in [0, 0.1) is 10.1 Å². The largest absolute Gasteiger partial charge is 0.455 e. The number of carbonyl (C=O) groups is 1. The molecule has 0 radical (unpaired) electrons. The van der Waals surface area contributed by atoms with Crippen molar-refractivity contribution in [2.24, 2.45) is 0 Å². The highest BCUT2D eigenvalue weighted by atomic mass is 16.6. The Morgan fingerprint density at radius 2 is 2.07 bits per heavy atom. The minimum atomic E-state index is -1.23. The fraction of sp³-hybridized carbons (Fsp3) is 0.667. The highest BCUT2D eigenvalue weighted by Crippen LogP contribution is 2.09. The Hall–Kier alpha value is -1.39. The fourth-order valence-corrected chi connectivity index (χ4v) is 0.527. The van der Waals surface area contributed by atoms with Crippen molar-refractivity contribution >= 4 is 5.97 Å². The van der Waals surface area contributed by atoms with E-state index in [4.69, 9.17) is 4.74 Å². The van der Waals surface area contributed by atoms with Gasteiger partial charge in [0.25, 0.3) is 0 Å². The molecule has 5 heteroatoms. The van der Waals surface area contributed by atoms with E-state index in [1.807, 2.05) is 0 Å². The Labute approximate surface area is 82.9 Å². The van der Waals surface area contributed by atoms with Crippen LogP contribution in [0.4, 0.5) is 0 Å². The second kappa shape index (κ2) is 4.74. The summed E-state index contributed by atoms with van der Waals surface area (Å²) in [6, 6.07) is 0. The number of ether oxygens (including phenoxy) is 1. The molecule has 80 valence electrons. The van der Waals surface area contributed by atoms with Gasteiger partial charge in [-0.3, -0.25) is 10.1 Å². The maximum atomic E-state index is 11.1. The molecule has 0 heterocycles. The Morgan fingerprint density at radius 3 is 2.43 bits per heavy atom. The van der Waals surface area contributed by atoms with Gasteiger partial charge in [-0.1, -0.05) is 6.08 Å². The number of rotatable bonds is 4. The van der Waals surface area contributed by atoms with Gasteiger partial charge in [-0.25, -0.2) is 4.79 Å². The number of hydrogen-bond donors (Lipinski definition) is 0. The molecule has 0 aliphatic heterocycles. The predicted molar refractivity (Wildman–Crippen MR) is 51.5 cm³/mol. The van der Waals surface area contributed by atoms with Crippen molar-refractivity contribution in [2.75, 3.05) is 6.61 Å². The maximum absolute atomic E-state index is 11.1. The van der Waals surface area contributed by atoms with Crippen molar-refractivity contribution in [3.05, 3.63) is 21.8 Å². The molecule has 0 aromatic heterocycles. The highest BCUT2D eigenvalue weighted by Gasteiger charge is 2.32. The fourth-order valence-electron chi connectivity index (χ4n) is 0.527. The lowest BCUT2D eigenvalue weighted by molar-refractivity contribution is -0.563. The summed E-state index contributed by atoms with van der Waals surface area (Å²) in [5, 5.41) is 10.5. The van der Waals surface area contributed by atoms with Crippen LogP contribution in [-0.2, 0) is 9.53 Å². The molecule has 0 amide bonds. The highest BCUT2D eigenvalue weighted by molar-refractivity contribution is 5.87. The Bertz CT molecular complexity index is 268. The van der Waals surface area contributed by atoms with Crippen molar-refractivity contribution in [3.8, 4) is 0 Å². The number of carbonyl (C=O) groups excluding carboxylic acids is 1. The number of hydrogen-bond acceptors (Lipinski definition) is 4. The molecular weight excluding hydrogens is 186 g/mol. The molecule has 0 atom stereocenters. The van der Waals surface area contributed by atoms with Gasteiger partial charge in [0.05, 0.1) is 0 Å². The van der Waals surface area contributed by atoms with Gasteiger partial charge in [-0.05, 0) is 13.8 Å². The standard InChI is InChI=1S/C9H15NO4/c1-5-7(2)8(11)14-6-9(3,4)10(12)13/h5H,6H2,1-4H3. The topological polar surface area (TPSA) is 69.4 Å². The molecule has 5 nitrogen and oxygen atoms in total. The summed E-state index contributed by atoms with van der Waals surface area (Å²) in [6.07, 6.45) is 1.60. The summed E-state index contributed by atoms with van der Waals surface area (Å²) in [5.74, 6) is -0.512. The van der Waals surface area contributed by atoms with Gasteiger partial charge in [0.1, 0.15) is 0 Å². The summed E-state index contributed by atoms with van der Waals surface area (Å²) in [5.41, 5.74) is -0.784. The molecule has 0 N–H and O–H groups in total. The lowest BCUT2D eigenvalue weighted by atomic mass is 10.1. The van der Waals surface area contributed by atoms with Crippen LogP contribution in [0.5, 0.6) is 0 Å². The Balaban J connectivity index is 4.20. The van der Waals surface area contributed by atoms with Gasteiger partial charge < -0.3 is 4.74 Å². The molecule has 14 heavy (non-hydrogen) atoms. The third kappa shape index (κ3) is 3.55. The summed E-state index contributed by atoms with van der Waals surface area (Å²) < 4.78 is 4.77. The quantitative estimate of drug-likeness (QED) is 0.299. The van der Waals surface area contributed by atoms with Crippen LogP contribution >= 0.6 is 0 Å². The molecule has 0 unspecified atom stereocenters. The monoisotopic (exact) mass is 201 g/mol. The first-order valence-corrected chi connectivity index (χ1v) is 4.26. The van der Waals surface area contributed by atoms with E-state index < -0.39 is 16.4 Å². The van der Waals surface area contributed by atoms with E-state index in [9.17, 15) is 14.9 Å². The predicted octanol–water partition coefficient (Wildman–Crippen LogP) is 1.55. The second-order valence-electron chi connectivity index (χ2n) is 3.62. The first-order chi connectivity index (χ1) is 6.31. The van der Waals surface area contributed by atoms with Gasteiger partial charge in [-0.15, -0.1) is 0 Å². The summed E-state index contributed by atoms with van der Waals surface area (Å²) >= 11 is 0. The number of nitro groups is 1. The van der Waals surface area contributed by atoms with Crippen molar-refractivity contribution < 1.29 is 14.5 Å². The van der Waals surface area contributed by atoms with E-state index >= 15 is 0 Å². The third-order valence-corrected chi connectivity index (χ3v) is 1.81. The van der Waals surface area contributed by atoms with E-state index in [0.29, 0.717) is 5.57 Å². The van der Waals surface area contributed by atoms with Crippen molar-refractivity contribution in [3.63, 3.8) is 0 Å². The molecule has 0 spiro atoms. The lowest BCUT2D eigenvalue weighted by Crippen LogP contribution is -2.37. The SMILES string of the molecule is CC=C(C)C(=O)OCC(C)(C)[N+](=O)[O-]. The molecule has 0 fully saturated rings. The van der Waals surface area contributed by atoms with Gasteiger partial charge in [0, 0.05) is 24.3 Å². The van der Waals surface area contributed by atoms with E-state index in [1.54, 1.807) is 19.9 Å². The van der Waals surface area contributed by atoms with Gasteiger partial charge in [0.2, 0.25) is 5.54 Å². The molecule has 0 bridgehead atoms. The summed E-state index contributed by atoms with van der Waals surface area (Å²) in [4.78, 5) is 21.1. The maximum Gasteiger partial charge on any atom is 0.333 e. The van der Waals surface area contributed by atoms with Crippen LogP contribution in [0.25, 0.3) is 0 Å². The zero-order chi connectivity index (χ0) is 11.4. The van der Waals surface area contributed by atoms with Gasteiger partial charge in [-0.2, -0.15) is 0 Å². The molecular formula is C9H15NO4. The molecule has 0 aliphatic rings. The van der Waals surface area contributed by atoms with Crippen LogP contribution in [-0.4, -0.2) is 23.0 Å². The smallest absolute Gasteiger partial charge is 0.333 e. The summed E-state index contributed by atoms with van der Waals surface area (Å²) in [7, 11) is 0. The number of nitrogens with zero attached hydrogens (tertiary/aromatic N) is 1. The normalized spacial score (nSPS) is 12.4. The van der Waals surface area contributed by atoms with Crippen LogP contribution < -0.4 is 0 Å². The molecule has 0 rings (SSSR count). The van der Waals surface area contributed by atoms with Gasteiger partial charge >= 0.3 is 5.97 Å². The minimum Gasteiger partial charge on any atom is -0.455 e. The molecule has 0 aromatic carbocycles. The first kappa shape index (κ1) is 12.6. The van der Waals surface area contributed by atoms with Crippen LogP contribution in [0.15, 0.2) is 11.6 Å². The number of allylic oxidation sites excluding steroid dienone is 1. The zero-order valence-corrected chi connectivity index (χ0v) is 8.86. The van der Waals surface area contributed by atoms with E-state index in [2.05, 4.69) is 0 Å². The van der Waals surface area contributed by atoms with Crippen molar-refractivity contribution in [1.82, 2.24) is 0 Å². The average Bonchev–Trinajstić information content (AvgIpc) is 2.12. The van der Waals surface area contributed by atoms with Crippen LogP contribution in [0.1, 0.15) is 27.7 Å². The molecule has 0 aliphatic carbocycles. The van der Waals surface area contributed by atoms with E-state index in [-0.39, 0.29) is 6.61 Å². The van der Waals surface area contributed by atoms with E-state index in [1.165, 1.54) is 13.8 Å². The third-order valence-electron chi connectivity index (χ3n) is 1.81. The summed E-state index contributed by atoms with van der Waals surface area (Å²) in [6.45, 7) is 5.90. The minimum absolute atomic E-state index is 0.218. The van der Waals surface area contributed by atoms with Crippen LogP contribution in [0.2, 0.25) is 0 Å². The Kier molecular flexibility index (Phi) is 4.27. The Morgan fingerprint density at radius 1 is 1.57 bits per heavy atom. The lowest BCUT2D eigenvalue weighted by Gasteiger charge is -2.15. The van der Waals surface area contributed by atoms with E-state index in [0.717, 1.165) is 0 Å². The second-order valence-corrected chi connectivity index (χ2v) is 3.62. The number of esters is 1. The molecule has 0 aromatic rings. The molecule has 0 saturated heterocycles.